The fourth-order valence-corrected chi connectivity index (χ4v) is 2.47. The Balaban J connectivity index is 2.11. The van der Waals surface area contributed by atoms with Gasteiger partial charge in [-0.05, 0) is 30.9 Å². The van der Waals surface area contributed by atoms with Gasteiger partial charge in [-0.25, -0.2) is 8.78 Å². The summed E-state index contributed by atoms with van der Waals surface area (Å²) in [6, 6.07) is 2.81. The second-order valence-electron chi connectivity index (χ2n) is 5.48. The summed E-state index contributed by atoms with van der Waals surface area (Å²) in [5.41, 5.74) is 0.816. The van der Waals surface area contributed by atoms with Gasteiger partial charge in [-0.3, -0.25) is 0 Å². The van der Waals surface area contributed by atoms with Crippen molar-refractivity contribution < 1.29 is 13.2 Å². The number of benzene rings is 1. The van der Waals surface area contributed by atoms with E-state index < -0.39 is 11.6 Å². The molecule has 1 heterocycles. The molecule has 1 aliphatic carbocycles. The first kappa shape index (κ1) is 12.6. The highest BCUT2D eigenvalue weighted by Gasteiger charge is 2.25. The normalized spacial score (nSPS) is 15.6. The third kappa shape index (κ3) is 2.25. The quantitative estimate of drug-likeness (QED) is 0.900. The summed E-state index contributed by atoms with van der Waals surface area (Å²) in [5, 5.41) is 3.62. The highest BCUT2D eigenvalue weighted by atomic mass is 19.1. The molecule has 4 heteroatoms. The van der Waals surface area contributed by atoms with Crippen LogP contribution in [0, 0.1) is 11.6 Å². The van der Waals surface area contributed by atoms with Crippen molar-refractivity contribution in [2.24, 2.45) is 0 Å². The molecule has 0 unspecified atom stereocenters. The zero-order valence-corrected chi connectivity index (χ0v) is 11.1. The van der Waals surface area contributed by atoms with Crippen molar-refractivity contribution >= 4 is 11.0 Å². The van der Waals surface area contributed by atoms with Crippen LogP contribution in [-0.2, 0) is 6.54 Å². The lowest BCUT2D eigenvalue weighted by Gasteiger charge is -2.07. The molecule has 0 bridgehead atoms. The van der Waals surface area contributed by atoms with Crippen LogP contribution >= 0.6 is 0 Å². The molecule has 0 saturated heterocycles. The minimum absolute atomic E-state index is 0.0382. The molecule has 102 valence electrons. The lowest BCUT2D eigenvalue weighted by Crippen LogP contribution is -2.16. The van der Waals surface area contributed by atoms with Crippen molar-refractivity contribution in [3.63, 3.8) is 0 Å². The minimum atomic E-state index is -0.504. The molecule has 3 rings (SSSR count). The fourth-order valence-electron chi connectivity index (χ4n) is 2.47. The van der Waals surface area contributed by atoms with E-state index in [9.17, 15) is 8.78 Å². The van der Waals surface area contributed by atoms with E-state index in [-0.39, 0.29) is 11.5 Å². The molecule has 1 saturated carbocycles. The molecule has 0 aliphatic heterocycles. The third-order valence-corrected chi connectivity index (χ3v) is 3.56. The zero-order valence-electron chi connectivity index (χ0n) is 11.1. The van der Waals surface area contributed by atoms with Crippen molar-refractivity contribution in [2.45, 2.75) is 45.2 Å². The van der Waals surface area contributed by atoms with E-state index in [2.05, 4.69) is 5.32 Å². The summed E-state index contributed by atoms with van der Waals surface area (Å²) in [5.74, 6) is -0.174. The number of rotatable bonds is 4. The number of nitrogens with one attached hydrogen (secondary N) is 1. The minimum Gasteiger partial charge on any atom is -0.456 e. The van der Waals surface area contributed by atoms with Gasteiger partial charge in [0.2, 0.25) is 0 Å². The van der Waals surface area contributed by atoms with E-state index in [4.69, 9.17) is 4.42 Å². The van der Waals surface area contributed by atoms with Crippen molar-refractivity contribution in [1.29, 1.82) is 0 Å². The summed E-state index contributed by atoms with van der Waals surface area (Å²) in [6.07, 6.45) is 2.33. The van der Waals surface area contributed by atoms with E-state index in [0.717, 1.165) is 17.7 Å². The SMILES string of the molecule is CC(C)c1c(CNC2CC2)oc2c(F)ccc(F)c12. The predicted octanol–water partition coefficient (Wildman–Crippen LogP) is 4.09. The van der Waals surface area contributed by atoms with E-state index in [1.54, 1.807) is 0 Å². The molecule has 19 heavy (non-hydrogen) atoms. The third-order valence-electron chi connectivity index (χ3n) is 3.56. The van der Waals surface area contributed by atoms with Gasteiger partial charge in [0.25, 0.3) is 0 Å². The maximum absolute atomic E-state index is 14.0. The smallest absolute Gasteiger partial charge is 0.173 e. The van der Waals surface area contributed by atoms with Crippen molar-refractivity contribution in [3.05, 3.63) is 35.1 Å². The van der Waals surface area contributed by atoms with Crippen LogP contribution in [0.25, 0.3) is 11.0 Å². The van der Waals surface area contributed by atoms with Crippen LogP contribution in [0.1, 0.15) is 43.9 Å². The average Bonchev–Trinajstić information content (AvgIpc) is 3.10. The van der Waals surface area contributed by atoms with E-state index in [0.29, 0.717) is 23.7 Å². The monoisotopic (exact) mass is 265 g/mol. The second kappa shape index (κ2) is 4.60. The zero-order chi connectivity index (χ0) is 13.6. The number of hydrogen-bond donors (Lipinski definition) is 1. The van der Waals surface area contributed by atoms with Crippen LogP contribution in [0.2, 0.25) is 0 Å². The van der Waals surface area contributed by atoms with Crippen LogP contribution in [0.15, 0.2) is 16.5 Å². The highest BCUT2D eigenvalue weighted by Crippen LogP contribution is 2.35. The van der Waals surface area contributed by atoms with Crippen LogP contribution in [-0.4, -0.2) is 6.04 Å². The Hall–Kier alpha value is -1.42. The Kier molecular flexibility index (Phi) is 3.05. The van der Waals surface area contributed by atoms with Crippen molar-refractivity contribution in [3.8, 4) is 0 Å². The Labute approximate surface area is 110 Å². The molecule has 1 fully saturated rings. The summed E-state index contributed by atoms with van der Waals surface area (Å²) < 4.78 is 33.3. The van der Waals surface area contributed by atoms with E-state index >= 15 is 0 Å². The Bertz CT molecular complexity index is 614. The Morgan fingerprint density at radius 1 is 1.26 bits per heavy atom. The van der Waals surface area contributed by atoms with Crippen LogP contribution < -0.4 is 5.32 Å². The maximum atomic E-state index is 14.0. The summed E-state index contributed by atoms with van der Waals surface area (Å²) in [6.45, 7) is 4.47. The molecule has 0 spiro atoms. The largest absolute Gasteiger partial charge is 0.456 e. The van der Waals surface area contributed by atoms with E-state index in [1.807, 2.05) is 13.8 Å². The van der Waals surface area contributed by atoms with Crippen LogP contribution in [0.5, 0.6) is 0 Å². The lowest BCUT2D eigenvalue weighted by atomic mass is 9.99. The van der Waals surface area contributed by atoms with Gasteiger partial charge in [0.1, 0.15) is 11.6 Å². The van der Waals surface area contributed by atoms with Gasteiger partial charge in [-0.1, -0.05) is 13.8 Å². The summed E-state index contributed by atoms with van der Waals surface area (Å²) >= 11 is 0. The Morgan fingerprint density at radius 2 is 1.95 bits per heavy atom. The average molecular weight is 265 g/mol. The fraction of sp³-hybridized carbons (Fsp3) is 0.467. The van der Waals surface area contributed by atoms with E-state index in [1.165, 1.54) is 12.8 Å². The van der Waals surface area contributed by atoms with Gasteiger partial charge >= 0.3 is 0 Å². The molecular formula is C15H17F2NO. The summed E-state index contributed by atoms with van der Waals surface area (Å²) in [4.78, 5) is 0. The lowest BCUT2D eigenvalue weighted by molar-refractivity contribution is 0.486. The predicted molar refractivity (Wildman–Crippen MR) is 70.1 cm³/mol. The van der Waals surface area contributed by atoms with Crippen LogP contribution in [0.4, 0.5) is 8.78 Å². The first-order valence-corrected chi connectivity index (χ1v) is 6.70. The molecule has 0 radical (unpaired) electrons. The molecule has 1 aromatic heterocycles. The standard InChI is InChI=1S/C15H17F2NO/c1-8(2)13-12(7-18-9-3-4-9)19-15-11(17)6-5-10(16)14(13)15/h5-6,8-9,18H,3-4,7H2,1-2H3. The first-order chi connectivity index (χ1) is 9.08. The maximum Gasteiger partial charge on any atom is 0.173 e. The Morgan fingerprint density at radius 3 is 2.58 bits per heavy atom. The first-order valence-electron chi connectivity index (χ1n) is 6.70. The van der Waals surface area contributed by atoms with Gasteiger partial charge < -0.3 is 9.73 Å². The topological polar surface area (TPSA) is 25.2 Å². The molecule has 1 aromatic carbocycles. The molecule has 0 amide bonds. The highest BCUT2D eigenvalue weighted by molar-refractivity contribution is 5.84. The molecule has 1 aliphatic rings. The number of furan rings is 1. The van der Waals surface area contributed by atoms with Gasteiger partial charge in [-0.15, -0.1) is 0 Å². The molecule has 0 atom stereocenters. The molecule has 2 aromatic rings. The molecular weight excluding hydrogens is 248 g/mol. The summed E-state index contributed by atoms with van der Waals surface area (Å²) in [7, 11) is 0. The van der Waals surface area contributed by atoms with Gasteiger partial charge in [0.15, 0.2) is 11.4 Å². The number of halogens is 2. The molecule has 2 nitrogen and oxygen atoms in total. The van der Waals surface area contributed by atoms with Crippen molar-refractivity contribution in [2.75, 3.05) is 0 Å². The van der Waals surface area contributed by atoms with Crippen LogP contribution in [0.3, 0.4) is 0 Å². The van der Waals surface area contributed by atoms with Gasteiger partial charge in [-0.2, -0.15) is 0 Å². The number of fused-ring (bicyclic) bond motifs is 1. The second-order valence-corrected chi connectivity index (χ2v) is 5.48. The molecule has 1 N–H and O–H groups in total. The van der Waals surface area contributed by atoms with Crippen molar-refractivity contribution in [1.82, 2.24) is 5.32 Å². The number of hydrogen-bond acceptors (Lipinski definition) is 2. The van der Waals surface area contributed by atoms with Gasteiger partial charge in [0.05, 0.1) is 11.9 Å². The van der Waals surface area contributed by atoms with Gasteiger partial charge in [0, 0.05) is 11.6 Å².